The van der Waals surface area contributed by atoms with Crippen molar-refractivity contribution in [3.63, 3.8) is 0 Å². The number of halogens is 1. The molecule has 0 bridgehead atoms. The average Bonchev–Trinajstić information content (AvgIpc) is 2.63. The summed E-state index contributed by atoms with van der Waals surface area (Å²) in [6.45, 7) is 3.33. The number of carbonyl (C=O) groups excluding carboxylic acids is 3. The second kappa shape index (κ2) is 8.05. The number of piperidine rings is 1. The van der Waals surface area contributed by atoms with Gasteiger partial charge in [-0.25, -0.2) is 9.69 Å². The number of likely N-dealkylation sites (tertiary alicyclic amines) is 1. The summed E-state index contributed by atoms with van der Waals surface area (Å²) < 4.78 is 5.10. The summed E-state index contributed by atoms with van der Waals surface area (Å²) >= 11 is 6.12. The standard InChI is InChI=1S/C18H22ClN3O4/c1-2-26-17(24)12-6-5-9-21(11-12)15-10-16(23)22(18(25)20-15)14-8-4-3-7-13(14)19/h3-4,7-8,12,15H,2,5-6,9-11H2,1H3,(H,20,25). The Morgan fingerprint density at radius 1 is 1.35 bits per heavy atom. The molecule has 1 N–H and O–H groups in total. The largest absolute Gasteiger partial charge is 0.466 e. The molecular formula is C18H22ClN3O4. The van der Waals surface area contributed by atoms with Crippen LogP contribution in [0, 0.1) is 5.92 Å². The molecule has 1 aromatic carbocycles. The highest BCUT2D eigenvalue weighted by molar-refractivity contribution is 6.35. The van der Waals surface area contributed by atoms with Crippen LogP contribution in [-0.2, 0) is 14.3 Å². The van der Waals surface area contributed by atoms with Crippen LogP contribution in [0.2, 0.25) is 5.02 Å². The van der Waals surface area contributed by atoms with Gasteiger partial charge in [0, 0.05) is 13.1 Å². The molecular weight excluding hydrogens is 358 g/mol. The first kappa shape index (κ1) is 18.7. The Labute approximate surface area is 157 Å². The van der Waals surface area contributed by atoms with Crippen molar-refractivity contribution in [3.8, 4) is 0 Å². The molecule has 140 valence electrons. The SMILES string of the molecule is CCOC(=O)C1CCCN(C2CC(=O)N(c3ccccc3Cl)C(=O)N2)C1. The lowest BCUT2D eigenvalue weighted by molar-refractivity contribution is -0.150. The second-order valence-electron chi connectivity index (χ2n) is 6.44. The molecule has 8 heteroatoms. The van der Waals surface area contributed by atoms with Gasteiger partial charge in [0.05, 0.1) is 35.8 Å². The fourth-order valence-corrected chi connectivity index (χ4v) is 3.69. The van der Waals surface area contributed by atoms with Crippen LogP contribution in [-0.4, -0.2) is 48.7 Å². The number of nitrogens with zero attached hydrogens (tertiary/aromatic N) is 2. The maximum absolute atomic E-state index is 12.6. The van der Waals surface area contributed by atoms with Gasteiger partial charge in [0.15, 0.2) is 0 Å². The summed E-state index contributed by atoms with van der Waals surface area (Å²) in [5, 5.41) is 3.21. The van der Waals surface area contributed by atoms with Crippen LogP contribution in [0.4, 0.5) is 10.5 Å². The summed E-state index contributed by atoms with van der Waals surface area (Å²) in [4.78, 5) is 40.2. The van der Waals surface area contributed by atoms with E-state index in [1.807, 2.05) is 4.90 Å². The second-order valence-corrected chi connectivity index (χ2v) is 6.84. The normalized spacial score (nSPS) is 24.3. The fourth-order valence-electron chi connectivity index (χ4n) is 3.47. The highest BCUT2D eigenvalue weighted by Gasteiger charge is 2.39. The van der Waals surface area contributed by atoms with Crippen molar-refractivity contribution in [3.05, 3.63) is 29.3 Å². The number of rotatable bonds is 4. The summed E-state index contributed by atoms with van der Waals surface area (Å²) in [5.74, 6) is -0.759. The first-order valence-corrected chi connectivity index (χ1v) is 9.17. The molecule has 3 amide bonds. The molecule has 2 unspecified atom stereocenters. The number of anilines is 1. The van der Waals surface area contributed by atoms with Crippen molar-refractivity contribution >= 4 is 35.2 Å². The number of urea groups is 1. The molecule has 0 saturated carbocycles. The topological polar surface area (TPSA) is 79.0 Å². The van der Waals surface area contributed by atoms with Crippen molar-refractivity contribution in [1.29, 1.82) is 0 Å². The minimum absolute atomic E-state index is 0.131. The number of amides is 3. The lowest BCUT2D eigenvalue weighted by atomic mass is 9.97. The number of hydrogen-bond acceptors (Lipinski definition) is 5. The highest BCUT2D eigenvalue weighted by Crippen LogP contribution is 2.29. The molecule has 2 aliphatic heterocycles. The zero-order chi connectivity index (χ0) is 18.7. The third kappa shape index (κ3) is 3.83. The number of para-hydroxylation sites is 1. The van der Waals surface area contributed by atoms with E-state index < -0.39 is 12.2 Å². The third-order valence-corrected chi connectivity index (χ3v) is 5.04. The third-order valence-electron chi connectivity index (χ3n) is 4.72. The van der Waals surface area contributed by atoms with E-state index in [0.717, 1.165) is 24.3 Å². The number of ether oxygens (including phenoxy) is 1. The molecule has 2 saturated heterocycles. The predicted molar refractivity (Wildman–Crippen MR) is 96.8 cm³/mol. The quantitative estimate of drug-likeness (QED) is 0.812. The maximum Gasteiger partial charge on any atom is 0.330 e. The molecule has 0 spiro atoms. The van der Waals surface area contributed by atoms with E-state index >= 15 is 0 Å². The average molecular weight is 380 g/mol. The Morgan fingerprint density at radius 3 is 2.81 bits per heavy atom. The predicted octanol–water partition coefficient (Wildman–Crippen LogP) is 2.39. The van der Waals surface area contributed by atoms with Gasteiger partial charge in [0.25, 0.3) is 0 Å². The van der Waals surface area contributed by atoms with Crippen molar-refractivity contribution < 1.29 is 19.1 Å². The van der Waals surface area contributed by atoms with Crippen molar-refractivity contribution in [1.82, 2.24) is 10.2 Å². The number of imide groups is 1. The molecule has 3 rings (SSSR count). The minimum Gasteiger partial charge on any atom is -0.466 e. The Balaban J connectivity index is 1.69. The van der Waals surface area contributed by atoms with Gasteiger partial charge in [-0.05, 0) is 31.9 Å². The molecule has 7 nitrogen and oxygen atoms in total. The Hall–Kier alpha value is -2.12. The first-order chi connectivity index (χ1) is 12.5. The van der Waals surface area contributed by atoms with E-state index in [4.69, 9.17) is 16.3 Å². The van der Waals surface area contributed by atoms with Gasteiger partial charge in [-0.1, -0.05) is 23.7 Å². The molecule has 1 aromatic rings. The Kier molecular flexibility index (Phi) is 5.78. The van der Waals surface area contributed by atoms with Gasteiger partial charge < -0.3 is 10.1 Å². The fraction of sp³-hybridized carbons (Fsp3) is 0.500. The van der Waals surface area contributed by atoms with E-state index in [2.05, 4.69) is 5.32 Å². The minimum atomic E-state index is -0.502. The van der Waals surface area contributed by atoms with Gasteiger partial charge in [-0.3, -0.25) is 14.5 Å². The van der Waals surface area contributed by atoms with E-state index in [9.17, 15) is 14.4 Å². The molecule has 2 heterocycles. The van der Waals surface area contributed by atoms with E-state index in [0.29, 0.717) is 23.9 Å². The van der Waals surface area contributed by atoms with Gasteiger partial charge in [0.2, 0.25) is 5.91 Å². The van der Waals surface area contributed by atoms with Gasteiger partial charge in [-0.2, -0.15) is 0 Å². The lowest BCUT2D eigenvalue weighted by Gasteiger charge is -2.41. The van der Waals surface area contributed by atoms with Crippen LogP contribution >= 0.6 is 11.6 Å². The number of nitrogens with one attached hydrogen (secondary N) is 1. The van der Waals surface area contributed by atoms with Crippen LogP contribution in [0.1, 0.15) is 26.2 Å². The highest BCUT2D eigenvalue weighted by atomic mass is 35.5. The summed E-state index contributed by atoms with van der Waals surface area (Å²) in [5.41, 5.74) is 0.373. The molecule has 0 aromatic heterocycles. The van der Waals surface area contributed by atoms with Crippen LogP contribution in [0.3, 0.4) is 0 Å². The Bertz CT molecular complexity index is 693. The zero-order valence-electron chi connectivity index (χ0n) is 14.6. The molecule has 2 fully saturated rings. The van der Waals surface area contributed by atoms with Gasteiger partial charge in [0.1, 0.15) is 0 Å². The number of benzene rings is 1. The molecule has 2 atom stereocenters. The van der Waals surface area contributed by atoms with E-state index in [1.54, 1.807) is 31.2 Å². The summed E-state index contributed by atoms with van der Waals surface area (Å²) in [7, 11) is 0. The van der Waals surface area contributed by atoms with Crippen molar-refractivity contribution in [2.75, 3.05) is 24.6 Å². The van der Waals surface area contributed by atoms with E-state index in [-0.39, 0.29) is 24.2 Å². The lowest BCUT2D eigenvalue weighted by Crippen LogP contribution is -2.62. The number of esters is 1. The van der Waals surface area contributed by atoms with Crippen LogP contribution in [0.25, 0.3) is 0 Å². The maximum atomic E-state index is 12.6. The summed E-state index contributed by atoms with van der Waals surface area (Å²) in [6, 6.07) is 6.24. The number of hydrogen-bond donors (Lipinski definition) is 1. The van der Waals surface area contributed by atoms with Gasteiger partial charge in [-0.15, -0.1) is 0 Å². The van der Waals surface area contributed by atoms with Gasteiger partial charge >= 0.3 is 12.0 Å². The van der Waals surface area contributed by atoms with Crippen LogP contribution in [0.15, 0.2) is 24.3 Å². The first-order valence-electron chi connectivity index (χ1n) is 8.80. The van der Waals surface area contributed by atoms with Crippen LogP contribution < -0.4 is 10.2 Å². The Morgan fingerprint density at radius 2 is 2.12 bits per heavy atom. The molecule has 26 heavy (non-hydrogen) atoms. The molecule has 0 aliphatic carbocycles. The van der Waals surface area contributed by atoms with E-state index in [1.165, 1.54) is 0 Å². The molecule has 0 radical (unpaired) electrons. The van der Waals surface area contributed by atoms with Crippen molar-refractivity contribution in [2.24, 2.45) is 5.92 Å². The van der Waals surface area contributed by atoms with Crippen molar-refractivity contribution in [2.45, 2.75) is 32.4 Å². The zero-order valence-corrected chi connectivity index (χ0v) is 15.4. The smallest absolute Gasteiger partial charge is 0.330 e. The number of carbonyl (C=O) groups is 3. The molecule has 2 aliphatic rings. The monoisotopic (exact) mass is 379 g/mol. The van der Waals surface area contributed by atoms with Crippen LogP contribution in [0.5, 0.6) is 0 Å². The summed E-state index contributed by atoms with van der Waals surface area (Å²) in [6.07, 6.45) is 1.28.